The average Bonchev–Trinajstić information content (AvgIpc) is 2.66. The fraction of sp³-hybridized carbons (Fsp3) is 0.0526. The van der Waals surface area contributed by atoms with Gasteiger partial charge in [0, 0.05) is 28.6 Å². The number of aromatic nitrogens is 1. The smallest absolute Gasteiger partial charge is 0.269 e. The molecular weight excluding hydrogens is 320 g/mol. The third-order valence-corrected chi connectivity index (χ3v) is 5.56. The van der Waals surface area contributed by atoms with E-state index in [0.717, 1.165) is 11.3 Å². The fourth-order valence-corrected chi connectivity index (χ4v) is 4.44. The lowest BCUT2D eigenvalue weighted by Crippen LogP contribution is -2.44. The minimum Gasteiger partial charge on any atom is -0.608 e. The second-order valence-corrected chi connectivity index (χ2v) is 6.86. The molecule has 2 atom stereocenters. The van der Waals surface area contributed by atoms with Gasteiger partial charge in [-0.2, -0.15) is 0 Å². The minimum atomic E-state index is -1.46. The molecule has 5 heteroatoms. The van der Waals surface area contributed by atoms with Gasteiger partial charge in [-0.05, 0) is 24.3 Å². The van der Waals surface area contributed by atoms with Gasteiger partial charge in [0.05, 0.1) is 0 Å². The van der Waals surface area contributed by atoms with E-state index in [-0.39, 0.29) is 5.91 Å². The summed E-state index contributed by atoms with van der Waals surface area (Å²) in [5.41, 5.74) is 1.94. The van der Waals surface area contributed by atoms with Gasteiger partial charge < -0.3 is 4.55 Å². The van der Waals surface area contributed by atoms with Crippen LogP contribution in [0.5, 0.6) is 0 Å². The summed E-state index contributed by atoms with van der Waals surface area (Å²) in [6.07, 6.45) is 1.57. The zero-order chi connectivity index (χ0) is 16.5. The van der Waals surface area contributed by atoms with E-state index in [2.05, 4.69) is 4.98 Å². The highest BCUT2D eigenvalue weighted by Crippen LogP contribution is 2.41. The van der Waals surface area contributed by atoms with Crippen molar-refractivity contribution in [2.45, 2.75) is 10.4 Å². The fourth-order valence-electron chi connectivity index (χ4n) is 2.88. The quantitative estimate of drug-likeness (QED) is 0.674. The summed E-state index contributed by atoms with van der Waals surface area (Å²) >= 11 is -1.46. The molecule has 4 rings (SSSR count). The van der Waals surface area contributed by atoms with Crippen LogP contribution in [0.1, 0.15) is 21.3 Å². The summed E-state index contributed by atoms with van der Waals surface area (Å²) in [5.74, 6) is -0.183. The van der Waals surface area contributed by atoms with E-state index in [1.807, 2.05) is 60.7 Å². The Morgan fingerprint density at radius 3 is 2.29 bits per heavy atom. The number of nitrogens with zero attached hydrogens (tertiary/aromatic N) is 2. The molecule has 0 radical (unpaired) electrons. The van der Waals surface area contributed by atoms with E-state index in [4.69, 9.17) is 0 Å². The van der Waals surface area contributed by atoms with E-state index in [9.17, 15) is 9.35 Å². The Labute approximate surface area is 143 Å². The van der Waals surface area contributed by atoms with Crippen LogP contribution in [0.4, 0.5) is 5.69 Å². The Morgan fingerprint density at radius 2 is 1.58 bits per heavy atom. The molecule has 0 fully saturated rings. The molecule has 0 saturated heterocycles. The summed E-state index contributed by atoms with van der Waals surface area (Å²) in [5, 5.41) is -0.243. The molecule has 1 aliphatic heterocycles. The summed E-state index contributed by atoms with van der Waals surface area (Å²) in [4.78, 5) is 18.9. The van der Waals surface area contributed by atoms with Gasteiger partial charge in [0.1, 0.15) is 5.56 Å². The van der Waals surface area contributed by atoms with Crippen molar-refractivity contribution in [1.82, 2.24) is 4.98 Å². The number of fused-ring (bicyclic) bond motifs is 1. The van der Waals surface area contributed by atoms with Crippen LogP contribution >= 0.6 is 0 Å². The number of carbonyl (C=O) groups is 1. The maximum Gasteiger partial charge on any atom is 0.269 e. The molecule has 0 aliphatic carbocycles. The number of hydrogen-bond donors (Lipinski definition) is 0. The molecule has 0 spiro atoms. The molecule has 2 aromatic carbocycles. The van der Waals surface area contributed by atoms with Crippen molar-refractivity contribution < 1.29 is 9.35 Å². The zero-order valence-corrected chi connectivity index (χ0v) is 13.5. The highest BCUT2D eigenvalue weighted by molar-refractivity contribution is 7.92. The summed E-state index contributed by atoms with van der Waals surface area (Å²) in [7, 11) is 0. The van der Waals surface area contributed by atoms with Crippen molar-refractivity contribution in [3.63, 3.8) is 0 Å². The van der Waals surface area contributed by atoms with E-state index < -0.39 is 16.5 Å². The van der Waals surface area contributed by atoms with Crippen LogP contribution in [0.2, 0.25) is 0 Å². The monoisotopic (exact) mass is 334 g/mol. The van der Waals surface area contributed by atoms with Crippen LogP contribution in [0.15, 0.2) is 84.0 Å². The van der Waals surface area contributed by atoms with Crippen molar-refractivity contribution in [3.05, 3.63) is 90.1 Å². The van der Waals surface area contributed by atoms with Gasteiger partial charge in [-0.3, -0.25) is 9.69 Å². The maximum atomic E-state index is 13.2. The molecule has 0 bridgehead atoms. The second-order valence-electron chi connectivity index (χ2n) is 5.43. The van der Waals surface area contributed by atoms with Gasteiger partial charge in [-0.15, -0.1) is 0 Å². The highest BCUT2D eigenvalue weighted by atomic mass is 32.2. The average molecular weight is 334 g/mol. The molecule has 0 saturated carbocycles. The van der Waals surface area contributed by atoms with Crippen molar-refractivity contribution in [3.8, 4) is 0 Å². The molecule has 24 heavy (non-hydrogen) atoms. The van der Waals surface area contributed by atoms with Crippen LogP contribution in [0.25, 0.3) is 0 Å². The number of pyridine rings is 1. The lowest BCUT2D eigenvalue weighted by Gasteiger charge is -2.36. The summed E-state index contributed by atoms with van der Waals surface area (Å²) in [6.45, 7) is 0. The van der Waals surface area contributed by atoms with Crippen LogP contribution in [-0.2, 0) is 11.2 Å². The first-order chi connectivity index (χ1) is 11.8. The predicted octanol–water partition coefficient (Wildman–Crippen LogP) is 3.55. The third kappa shape index (κ3) is 2.38. The molecule has 0 N–H and O–H groups in total. The van der Waals surface area contributed by atoms with Crippen LogP contribution in [0, 0.1) is 0 Å². The van der Waals surface area contributed by atoms with Crippen molar-refractivity contribution in [2.24, 2.45) is 0 Å². The van der Waals surface area contributed by atoms with Gasteiger partial charge in [0.25, 0.3) is 10.9 Å². The number of para-hydroxylation sites is 1. The Morgan fingerprint density at radius 1 is 0.917 bits per heavy atom. The molecule has 118 valence electrons. The maximum absolute atomic E-state index is 13.2. The Bertz CT molecular complexity index is 871. The van der Waals surface area contributed by atoms with Crippen LogP contribution < -0.4 is 4.90 Å². The standard InChI is InChI=1S/C19H14N2O2S/c22-18-16-12-7-13-20-17(16)24(23)19(14-8-3-1-4-9-14)21(18)15-10-5-2-6-11-15/h1-13,19H. The Hall–Kier alpha value is -2.63. The van der Waals surface area contributed by atoms with Crippen molar-refractivity contribution in [2.75, 3.05) is 4.90 Å². The van der Waals surface area contributed by atoms with Crippen LogP contribution in [0.3, 0.4) is 0 Å². The van der Waals surface area contributed by atoms with Gasteiger partial charge in [-0.1, -0.05) is 48.5 Å². The van der Waals surface area contributed by atoms with Crippen LogP contribution in [-0.4, -0.2) is 15.4 Å². The first kappa shape index (κ1) is 14.9. The Balaban J connectivity index is 1.93. The Kier molecular flexibility index (Phi) is 3.80. The summed E-state index contributed by atoms with van der Waals surface area (Å²) < 4.78 is 13.2. The highest BCUT2D eigenvalue weighted by Gasteiger charge is 2.45. The first-order valence-corrected chi connectivity index (χ1v) is 8.78. The third-order valence-electron chi connectivity index (χ3n) is 3.97. The zero-order valence-electron chi connectivity index (χ0n) is 12.7. The molecule has 1 amide bonds. The van der Waals surface area contributed by atoms with E-state index in [1.54, 1.807) is 23.2 Å². The van der Waals surface area contributed by atoms with Crippen molar-refractivity contribution in [1.29, 1.82) is 0 Å². The van der Waals surface area contributed by atoms with Gasteiger partial charge >= 0.3 is 0 Å². The molecular formula is C19H14N2O2S. The molecule has 2 heterocycles. The van der Waals surface area contributed by atoms with E-state index in [1.165, 1.54) is 0 Å². The first-order valence-electron chi connectivity index (χ1n) is 7.56. The SMILES string of the molecule is O=C1c2cccnc2[S+]([O-])C(c2ccccc2)N1c1ccccc1. The van der Waals surface area contributed by atoms with Gasteiger partial charge in [-0.25, -0.2) is 4.98 Å². The lowest BCUT2D eigenvalue weighted by molar-refractivity contribution is 0.0975. The normalized spacial score (nSPS) is 19.9. The number of amides is 1. The van der Waals surface area contributed by atoms with E-state index in [0.29, 0.717) is 10.6 Å². The molecule has 2 unspecified atom stereocenters. The number of benzene rings is 2. The van der Waals surface area contributed by atoms with Gasteiger partial charge in [0.2, 0.25) is 5.37 Å². The number of carbonyl (C=O) groups excluding carboxylic acids is 1. The molecule has 1 aromatic heterocycles. The van der Waals surface area contributed by atoms with E-state index >= 15 is 0 Å². The predicted molar refractivity (Wildman–Crippen MR) is 93.1 cm³/mol. The molecule has 4 nitrogen and oxygen atoms in total. The number of hydrogen-bond acceptors (Lipinski definition) is 3. The minimum absolute atomic E-state index is 0.183. The summed E-state index contributed by atoms with van der Waals surface area (Å²) in [6, 6.07) is 22.1. The van der Waals surface area contributed by atoms with Gasteiger partial charge in [0.15, 0.2) is 0 Å². The second kappa shape index (κ2) is 6.11. The van der Waals surface area contributed by atoms with Crippen molar-refractivity contribution >= 4 is 22.8 Å². The largest absolute Gasteiger partial charge is 0.608 e. The number of anilines is 1. The lowest BCUT2D eigenvalue weighted by atomic mass is 10.1. The molecule has 1 aliphatic rings. The topological polar surface area (TPSA) is 56.3 Å². The number of rotatable bonds is 2. The molecule has 3 aromatic rings.